The standard InChI is InChI=1S/C12H18N2O2/c13-6-5-11-3-4-12(7-14-11)16-9-15-8-10-1-2-10/h3-4,7,10H,1-2,5-6,8-9,13H2. The summed E-state index contributed by atoms with van der Waals surface area (Å²) in [6.07, 6.45) is 5.12. The van der Waals surface area contributed by atoms with Crippen LogP contribution in [-0.2, 0) is 11.2 Å². The topological polar surface area (TPSA) is 57.4 Å². The summed E-state index contributed by atoms with van der Waals surface area (Å²) in [6, 6.07) is 3.83. The Morgan fingerprint density at radius 2 is 2.25 bits per heavy atom. The van der Waals surface area contributed by atoms with Gasteiger partial charge in [-0.25, -0.2) is 0 Å². The van der Waals surface area contributed by atoms with Crippen molar-refractivity contribution in [3.8, 4) is 5.75 Å². The molecule has 1 saturated carbocycles. The van der Waals surface area contributed by atoms with Crippen LogP contribution < -0.4 is 10.5 Å². The largest absolute Gasteiger partial charge is 0.466 e. The van der Waals surface area contributed by atoms with Crippen molar-refractivity contribution in [2.75, 3.05) is 19.9 Å². The van der Waals surface area contributed by atoms with E-state index >= 15 is 0 Å². The van der Waals surface area contributed by atoms with Crippen molar-refractivity contribution in [1.29, 1.82) is 0 Å². The Hall–Kier alpha value is -1.13. The van der Waals surface area contributed by atoms with Gasteiger partial charge in [-0.05, 0) is 37.4 Å². The van der Waals surface area contributed by atoms with Crippen LogP contribution in [0.4, 0.5) is 0 Å². The summed E-state index contributed by atoms with van der Waals surface area (Å²) in [5, 5.41) is 0. The van der Waals surface area contributed by atoms with Gasteiger partial charge in [-0.2, -0.15) is 0 Å². The van der Waals surface area contributed by atoms with E-state index in [0.29, 0.717) is 13.3 Å². The SMILES string of the molecule is NCCc1ccc(OCOCC2CC2)cn1. The molecule has 0 saturated heterocycles. The minimum atomic E-state index is 0.314. The summed E-state index contributed by atoms with van der Waals surface area (Å²) in [4.78, 5) is 4.23. The van der Waals surface area contributed by atoms with Gasteiger partial charge in [0.15, 0.2) is 6.79 Å². The van der Waals surface area contributed by atoms with E-state index in [9.17, 15) is 0 Å². The molecular formula is C12H18N2O2. The Labute approximate surface area is 95.8 Å². The van der Waals surface area contributed by atoms with E-state index in [1.165, 1.54) is 12.8 Å². The van der Waals surface area contributed by atoms with Gasteiger partial charge in [0.2, 0.25) is 0 Å². The predicted octanol–water partition coefficient (Wildman–Crippen LogP) is 1.35. The number of nitrogens with two attached hydrogens (primary N) is 1. The van der Waals surface area contributed by atoms with Gasteiger partial charge in [0, 0.05) is 12.1 Å². The van der Waals surface area contributed by atoms with E-state index in [0.717, 1.165) is 30.4 Å². The smallest absolute Gasteiger partial charge is 0.189 e. The van der Waals surface area contributed by atoms with E-state index in [1.54, 1.807) is 6.20 Å². The Bertz CT molecular complexity index is 309. The molecule has 4 heteroatoms. The normalized spacial score (nSPS) is 15.1. The van der Waals surface area contributed by atoms with Crippen molar-refractivity contribution in [2.24, 2.45) is 11.7 Å². The zero-order valence-corrected chi connectivity index (χ0v) is 9.39. The van der Waals surface area contributed by atoms with Crippen LogP contribution in [0.25, 0.3) is 0 Å². The molecule has 0 radical (unpaired) electrons. The molecule has 0 amide bonds. The van der Waals surface area contributed by atoms with Gasteiger partial charge in [-0.1, -0.05) is 0 Å². The number of pyridine rings is 1. The minimum Gasteiger partial charge on any atom is -0.466 e. The Morgan fingerprint density at radius 3 is 2.88 bits per heavy atom. The molecule has 0 bridgehead atoms. The zero-order valence-electron chi connectivity index (χ0n) is 9.39. The van der Waals surface area contributed by atoms with Gasteiger partial charge in [-0.3, -0.25) is 4.98 Å². The van der Waals surface area contributed by atoms with Gasteiger partial charge in [0.25, 0.3) is 0 Å². The van der Waals surface area contributed by atoms with E-state index in [1.807, 2.05) is 12.1 Å². The van der Waals surface area contributed by atoms with Gasteiger partial charge in [0.1, 0.15) is 5.75 Å². The summed E-state index contributed by atoms with van der Waals surface area (Å²) >= 11 is 0. The van der Waals surface area contributed by atoms with Crippen LogP contribution in [0.2, 0.25) is 0 Å². The third kappa shape index (κ3) is 3.79. The first-order chi connectivity index (χ1) is 7.88. The van der Waals surface area contributed by atoms with Crippen LogP contribution >= 0.6 is 0 Å². The molecule has 2 rings (SSSR count). The lowest BCUT2D eigenvalue weighted by Gasteiger charge is -2.06. The average molecular weight is 222 g/mol. The second kappa shape index (κ2) is 5.82. The number of nitrogens with zero attached hydrogens (tertiary/aromatic N) is 1. The van der Waals surface area contributed by atoms with E-state index < -0.39 is 0 Å². The van der Waals surface area contributed by atoms with Crippen molar-refractivity contribution >= 4 is 0 Å². The molecular weight excluding hydrogens is 204 g/mol. The first-order valence-electron chi connectivity index (χ1n) is 5.74. The van der Waals surface area contributed by atoms with E-state index in [2.05, 4.69) is 4.98 Å². The molecule has 88 valence electrons. The maximum atomic E-state index is 5.44. The van der Waals surface area contributed by atoms with Crippen molar-refractivity contribution in [3.63, 3.8) is 0 Å². The van der Waals surface area contributed by atoms with Crippen molar-refractivity contribution < 1.29 is 9.47 Å². The second-order valence-corrected chi connectivity index (χ2v) is 4.10. The van der Waals surface area contributed by atoms with Gasteiger partial charge in [-0.15, -0.1) is 0 Å². The maximum absolute atomic E-state index is 5.44. The molecule has 0 aliphatic heterocycles. The highest BCUT2D eigenvalue weighted by Crippen LogP contribution is 2.28. The van der Waals surface area contributed by atoms with Crippen LogP contribution in [0.5, 0.6) is 5.75 Å². The van der Waals surface area contributed by atoms with Gasteiger partial charge >= 0.3 is 0 Å². The lowest BCUT2D eigenvalue weighted by molar-refractivity contribution is 0.00977. The fourth-order valence-electron chi connectivity index (χ4n) is 1.40. The predicted molar refractivity (Wildman–Crippen MR) is 61.2 cm³/mol. The molecule has 0 aromatic carbocycles. The third-order valence-electron chi connectivity index (χ3n) is 2.56. The fraction of sp³-hybridized carbons (Fsp3) is 0.583. The third-order valence-corrected chi connectivity index (χ3v) is 2.56. The fourth-order valence-corrected chi connectivity index (χ4v) is 1.40. The summed E-state index contributed by atoms with van der Waals surface area (Å²) in [7, 11) is 0. The lowest BCUT2D eigenvalue weighted by Crippen LogP contribution is -2.06. The molecule has 1 heterocycles. The monoisotopic (exact) mass is 222 g/mol. The zero-order chi connectivity index (χ0) is 11.2. The lowest BCUT2D eigenvalue weighted by atomic mass is 10.3. The van der Waals surface area contributed by atoms with Crippen LogP contribution in [0, 0.1) is 5.92 Å². The van der Waals surface area contributed by atoms with E-state index in [4.69, 9.17) is 15.2 Å². The van der Waals surface area contributed by atoms with E-state index in [-0.39, 0.29) is 0 Å². The Kier molecular flexibility index (Phi) is 4.13. The molecule has 1 aromatic heterocycles. The minimum absolute atomic E-state index is 0.314. The van der Waals surface area contributed by atoms with Crippen LogP contribution in [0.3, 0.4) is 0 Å². The first-order valence-corrected chi connectivity index (χ1v) is 5.74. The van der Waals surface area contributed by atoms with Gasteiger partial charge < -0.3 is 15.2 Å². The molecule has 0 spiro atoms. The summed E-state index contributed by atoms with van der Waals surface area (Å²) < 4.78 is 10.8. The van der Waals surface area contributed by atoms with Crippen molar-refractivity contribution in [2.45, 2.75) is 19.3 Å². The molecule has 0 unspecified atom stereocenters. The molecule has 1 aliphatic carbocycles. The molecule has 1 fully saturated rings. The molecule has 0 atom stereocenters. The Morgan fingerprint density at radius 1 is 1.38 bits per heavy atom. The van der Waals surface area contributed by atoms with Crippen molar-refractivity contribution in [3.05, 3.63) is 24.0 Å². The summed E-state index contributed by atoms with van der Waals surface area (Å²) in [5.74, 6) is 1.52. The average Bonchev–Trinajstić information content (AvgIpc) is 3.11. The quantitative estimate of drug-likeness (QED) is 0.559. The summed E-state index contributed by atoms with van der Waals surface area (Å²) in [6.45, 7) is 1.75. The van der Waals surface area contributed by atoms with Crippen LogP contribution in [0.15, 0.2) is 18.3 Å². The number of hydrogen-bond donors (Lipinski definition) is 1. The number of aromatic nitrogens is 1. The molecule has 1 aromatic rings. The molecule has 2 N–H and O–H groups in total. The summed E-state index contributed by atoms with van der Waals surface area (Å²) in [5.41, 5.74) is 6.43. The van der Waals surface area contributed by atoms with Crippen molar-refractivity contribution in [1.82, 2.24) is 4.98 Å². The highest BCUT2D eigenvalue weighted by Gasteiger charge is 2.20. The number of rotatable bonds is 7. The second-order valence-electron chi connectivity index (χ2n) is 4.10. The number of ether oxygens (including phenoxy) is 2. The maximum Gasteiger partial charge on any atom is 0.189 e. The highest BCUT2D eigenvalue weighted by atomic mass is 16.7. The molecule has 16 heavy (non-hydrogen) atoms. The number of hydrogen-bond acceptors (Lipinski definition) is 4. The molecule has 1 aliphatic rings. The first kappa shape index (κ1) is 11.4. The van der Waals surface area contributed by atoms with Crippen LogP contribution in [0.1, 0.15) is 18.5 Å². The van der Waals surface area contributed by atoms with Gasteiger partial charge in [0.05, 0.1) is 12.8 Å². The highest BCUT2D eigenvalue weighted by molar-refractivity contribution is 5.19. The van der Waals surface area contributed by atoms with Crippen LogP contribution in [-0.4, -0.2) is 24.9 Å². The molecule has 4 nitrogen and oxygen atoms in total. The Balaban J connectivity index is 1.67.